The third-order valence-electron chi connectivity index (χ3n) is 4.30. The molecule has 1 fully saturated rings. The van der Waals surface area contributed by atoms with E-state index in [2.05, 4.69) is 29.5 Å². The molecule has 1 aliphatic heterocycles. The highest BCUT2D eigenvalue weighted by molar-refractivity contribution is 7.11. The monoisotopic (exact) mass is 409 g/mol. The van der Waals surface area contributed by atoms with Crippen LogP contribution in [-0.4, -0.2) is 59.8 Å². The average Bonchev–Trinajstić information content (AvgIpc) is 3.09. The van der Waals surface area contributed by atoms with E-state index in [1.165, 1.54) is 4.88 Å². The van der Waals surface area contributed by atoms with Gasteiger partial charge in [-0.2, -0.15) is 0 Å². The summed E-state index contributed by atoms with van der Waals surface area (Å²) in [6.45, 7) is 12.7. The molecule has 158 valence electrons. The van der Waals surface area contributed by atoms with Crippen LogP contribution >= 0.6 is 11.3 Å². The molecule has 1 unspecified atom stereocenters. The number of nitrogens with one attached hydrogen (secondary N) is 2. The Kier molecular flexibility index (Phi) is 8.54. The number of hydrogen-bond acceptors (Lipinski definition) is 5. The maximum atomic E-state index is 12.4. The van der Waals surface area contributed by atoms with Crippen molar-refractivity contribution in [3.63, 3.8) is 0 Å². The number of aliphatic imine (C=N–C) groups is 1. The summed E-state index contributed by atoms with van der Waals surface area (Å²) >= 11 is 1.76. The van der Waals surface area contributed by atoms with Crippen LogP contribution in [0.1, 0.15) is 57.3 Å². The van der Waals surface area contributed by atoms with Gasteiger partial charge in [-0.25, -0.2) is 9.78 Å². The van der Waals surface area contributed by atoms with E-state index in [-0.39, 0.29) is 12.1 Å². The van der Waals surface area contributed by atoms with Crippen LogP contribution in [0.15, 0.2) is 11.2 Å². The molecule has 1 aromatic rings. The van der Waals surface area contributed by atoms with E-state index >= 15 is 0 Å². The molecule has 1 saturated heterocycles. The summed E-state index contributed by atoms with van der Waals surface area (Å²) in [5.74, 6) is 0.797. The molecule has 0 aromatic carbocycles. The lowest BCUT2D eigenvalue weighted by Crippen LogP contribution is -2.53. The van der Waals surface area contributed by atoms with E-state index in [1.807, 2.05) is 27.0 Å². The number of amides is 1. The van der Waals surface area contributed by atoms with E-state index in [4.69, 9.17) is 9.73 Å². The summed E-state index contributed by atoms with van der Waals surface area (Å²) in [6, 6.07) is 0.172. The van der Waals surface area contributed by atoms with Crippen molar-refractivity contribution in [1.29, 1.82) is 0 Å². The van der Waals surface area contributed by atoms with Crippen molar-refractivity contribution < 1.29 is 9.53 Å². The first-order chi connectivity index (χ1) is 13.3. The molecule has 8 heteroatoms. The summed E-state index contributed by atoms with van der Waals surface area (Å²) < 4.78 is 5.51. The number of guanidine groups is 1. The smallest absolute Gasteiger partial charge is 0.410 e. The molecule has 0 saturated carbocycles. The molecule has 2 rings (SSSR count). The molecular weight excluding hydrogens is 374 g/mol. The van der Waals surface area contributed by atoms with E-state index in [0.717, 1.165) is 49.7 Å². The number of nitrogens with zero attached hydrogens (tertiary/aromatic N) is 3. The second kappa shape index (κ2) is 10.6. The topological polar surface area (TPSA) is 78.9 Å². The first-order valence-corrected chi connectivity index (χ1v) is 11.1. The minimum atomic E-state index is -0.471. The third kappa shape index (κ3) is 7.66. The molecule has 0 aliphatic carbocycles. The van der Waals surface area contributed by atoms with Crippen LogP contribution < -0.4 is 10.6 Å². The highest BCUT2D eigenvalue weighted by Crippen LogP contribution is 2.16. The number of carbonyl (C=O) groups is 1. The lowest BCUT2D eigenvalue weighted by Gasteiger charge is -2.35. The number of rotatable bonds is 6. The van der Waals surface area contributed by atoms with Crippen LogP contribution in [-0.2, 0) is 17.6 Å². The number of piperidine rings is 1. The van der Waals surface area contributed by atoms with E-state index in [0.29, 0.717) is 13.1 Å². The molecule has 2 N–H and O–H groups in total. The number of carbonyl (C=O) groups excluding carboxylic acids is 1. The Hall–Kier alpha value is -1.83. The van der Waals surface area contributed by atoms with Crippen LogP contribution in [0.3, 0.4) is 0 Å². The van der Waals surface area contributed by atoms with Crippen molar-refractivity contribution in [3.05, 3.63) is 16.1 Å². The molecular formula is C20H35N5O2S. The first-order valence-electron chi connectivity index (χ1n) is 10.3. The lowest BCUT2D eigenvalue weighted by atomic mass is 10.1. The number of aromatic nitrogens is 1. The quantitative estimate of drug-likeness (QED) is 0.557. The summed E-state index contributed by atoms with van der Waals surface area (Å²) in [6.07, 6.45) is 5.55. The van der Waals surface area contributed by atoms with Crippen molar-refractivity contribution >= 4 is 23.4 Å². The number of likely N-dealkylation sites (tertiary alicyclic amines) is 1. The van der Waals surface area contributed by atoms with Gasteiger partial charge in [0.25, 0.3) is 0 Å². The predicted molar refractivity (Wildman–Crippen MR) is 115 cm³/mol. The molecule has 1 atom stereocenters. The molecule has 1 amide bonds. The highest BCUT2D eigenvalue weighted by Gasteiger charge is 2.28. The van der Waals surface area contributed by atoms with E-state index in [1.54, 1.807) is 16.2 Å². The van der Waals surface area contributed by atoms with Gasteiger partial charge in [-0.3, -0.25) is 4.99 Å². The molecule has 28 heavy (non-hydrogen) atoms. The van der Waals surface area contributed by atoms with Gasteiger partial charge < -0.3 is 20.3 Å². The zero-order valence-corrected chi connectivity index (χ0v) is 18.7. The van der Waals surface area contributed by atoms with Crippen molar-refractivity contribution in [2.75, 3.05) is 26.2 Å². The summed E-state index contributed by atoms with van der Waals surface area (Å²) in [5.41, 5.74) is -0.471. The standard InChI is InChI=1S/C20H35N5O2S/c1-6-16-13-23-17(28-16)10-11-22-18(21-7-2)24-15-9-8-12-25(14-15)19(26)27-20(3,4)5/h13,15H,6-12,14H2,1-5H3,(H2,21,22,24). The van der Waals surface area contributed by atoms with Crippen molar-refractivity contribution in [3.8, 4) is 0 Å². The van der Waals surface area contributed by atoms with Gasteiger partial charge >= 0.3 is 6.09 Å². The van der Waals surface area contributed by atoms with Crippen LogP contribution in [0.2, 0.25) is 0 Å². The highest BCUT2D eigenvalue weighted by atomic mass is 32.1. The minimum Gasteiger partial charge on any atom is -0.444 e. The fraction of sp³-hybridized carbons (Fsp3) is 0.750. The lowest BCUT2D eigenvalue weighted by molar-refractivity contribution is 0.0193. The molecule has 0 bridgehead atoms. The molecule has 0 spiro atoms. The van der Waals surface area contributed by atoms with Gasteiger partial charge in [0.05, 0.1) is 5.01 Å². The van der Waals surface area contributed by atoms with Crippen molar-refractivity contribution in [1.82, 2.24) is 20.5 Å². The molecule has 0 radical (unpaired) electrons. The van der Waals surface area contributed by atoms with Crippen LogP contribution in [0, 0.1) is 0 Å². The average molecular weight is 410 g/mol. The van der Waals surface area contributed by atoms with E-state index in [9.17, 15) is 4.79 Å². The normalized spacial score (nSPS) is 18.1. The largest absolute Gasteiger partial charge is 0.444 e. The second-order valence-corrected chi connectivity index (χ2v) is 9.19. The Morgan fingerprint density at radius 1 is 1.43 bits per heavy atom. The zero-order chi connectivity index (χ0) is 20.6. The Balaban J connectivity index is 1.88. The van der Waals surface area contributed by atoms with Crippen molar-refractivity contribution in [2.24, 2.45) is 4.99 Å². The number of hydrogen-bond donors (Lipinski definition) is 2. The van der Waals surface area contributed by atoms with Gasteiger partial charge in [0, 0.05) is 49.7 Å². The fourth-order valence-electron chi connectivity index (χ4n) is 2.99. The molecule has 7 nitrogen and oxygen atoms in total. The van der Waals surface area contributed by atoms with Crippen molar-refractivity contribution in [2.45, 2.75) is 71.9 Å². The van der Waals surface area contributed by atoms with Gasteiger partial charge in [-0.05, 0) is 47.0 Å². The Morgan fingerprint density at radius 3 is 2.86 bits per heavy atom. The maximum Gasteiger partial charge on any atom is 0.410 e. The second-order valence-electron chi connectivity index (χ2n) is 7.99. The van der Waals surface area contributed by atoms with Gasteiger partial charge in [-0.15, -0.1) is 11.3 Å². The van der Waals surface area contributed by atoms with Gasteiger partial charge in [0.2, 0.25) is 0 Å². The summed E-state index contributed by atoms with van der Waals surface area (Å²) in [5, 5.41) is 7.91. The zero-order valence-electron chi connectivity index (χ0n) is 17.9. The van der Waals surface area contributed by atoms with Crippen LogP contribution in [0.5, 0.6) is 0 Å². The van der Waals surface area contributed by atoms with Crippen LogP contribution in [0.25, 0.3) is 0 Å². The maximum absolute atomic E-state index is 12.4. The number of aryl methyl sites for hydroxylation is 1. The molecule has 1 aromatic heterocycles. The van der Waals surface area contributed by atoms with Crippen LogP contribution in [0.4, 0.5) is 4.79 Å². The Labute approximate surface area is 173 Å². The SMILES string of the molecule is CCNC(=NCCc1ncc(CC)s1)NC1CCCN(C(=O)OC(C)(C)C)C1. The number of ether oxygens (including phenoxy) is 1. The van der Waals surface area contributed by atoms with Gasteiger partial charge in [0.15, 0.2) is 5.96 Å². The first kappa shape index (κ1) is 22.5. The minimum absolute atomic E-state index is 0.172. The Bertz CT molecular complexity index is 653. The predicted octanol–water partition coefficient (Wildman–Crippen LogP) is 3.20. The van der Waals surface area contributed by atoms with Gasteiger partial charge in [0.1, 0.15) is 5.60 Å². The summed E-state index contributed by atoms with van der Waals surface area (Å²) in [7, 11) is 0. The third-order valence-corrected chi connectivity index (χ3v) is 5.51. The van der Waals surface area contributed by atoms with Gasteiger partial charge in [-0.1, -0.05) is 6.92 Å². The fourth-order valence-corrected chi connectivity index (χ4v) is 3.84. The Morgan fingerprint density at radius 2 is 2.21 bits per heavy atom. The number of thiazole rings is 1. The summed E-state index contributed by atoms with van der Waals surface area (Å²) in [4.78, 5) is 24.6. The van der Waals surface area contributed by atoms with E-state index < -0.39 is 5.60 Å². The molecule has 2 heterocycles. The molecule has 1 aliphatic rings.